The summed E-state index contributed by atoms with van der Waals surface area (Å²) in [5, 5.41) is 3.18. The number of nitrogens with zero attached hydrogens (tertiary/aromatic N) is 1. The average Bonchev–Trinajstić information content (AvgIpc) is 2.29. The molecule has 0 bridgehead atoms. The van der Waals surface area contributed by atoms with Crippen LogP contribution in [0, 0.1) is 5.82 Å². The third-order valence-electron chi connectivity index (χ3n) is 3.20. The summed E-state index contributed by atoms with van der Waals surface area (Å²) >= 11 is 0. The number of halogens is 1. The average molecular weight is 223 g/mol. The molecule has 1 saturated carbocycles. The van der Waals surface area contributed by atoms with Gasteiger partial charge in [-0.2, -0.15) is 0 Å². The first kappa shape index (κ1) is 11.3. The van der Waals surface area contributed by atoms with Gasteiger partial charge in [0.25, 0.3) is 0 Å². The molecule has 88 valence electrons. The van der Waals surface area contributed by atoms with Gasteiger partial charge < -0.3 is 11.1 Å². The predicted molar refractivity (Wildman–Crippen MR) is 62.7 cm³/mol. The van der Waals surface area contributed by atoms with Crippen LogP contribution in [0.5, 0.6) is 0 Å². The van der Waals surface area contributed by atoms with Crippen LogP contribution in [0.1, 0.15) is 32.1 Å². The van der Waals surface area contributed by atoms with E-state index < -0.39 is 0 Å². The van der Waals surface area contributed by atoms with Crippen molar-refractivity contribution in [2.24, 2.45) is 5.73 Å². The molecule has 0 aliphatic heterocycles. The zero-order chi connectivity index (χ0) is 11.4. The van der Waals surface area contributed by atoms with E-state index in [4.69, 9.17) is 5.73 Å². The fourth-order valence-corrected chi connectivity index (χ4v) is 2.18. The van der Waals surface area contributed by atoms with Gasteiger partial charge in [-0.1, -0.05) is 19.3 Å². The second kappa shape index (κ2) is 4.78. The largest absolute Gasteiger partial charge is 0.368 e. The highest BCUT2D eigenvalue weighted by Gasteiger charge is 2.26. The Morgan fingerprint density at radius 3 is 2.69 bits per heavy atom. The first-order chi connectivity index (χ1) is 7.68. The second-order valence-electron chi connectivity index (χ2n) is 4.64. The lowest BCUT2D eigenvalue weighted by molar-refractivity contribution is 0.311. The summed E-state index contributed by atoms with van der Waals surface area (Å²) in [6.07, 6.45) is 7.02. The topological polar surface area (TPSA) is 50.9 Å². The van der Waals surface area contributed by atoms with Crippen molar-refractivity contribution < 1.29 is 4.39 Å². The normalized spacial score (nSPS) is 19.4. The maximum absolute atomic E-state index is 12.6. The molecule has 1 fully saturated rings. The van der Waals surface area contributed by atoms with Crippen LogP contribution in [-0.2, 0) is 0 Å². The highest BCUT2D eigenvalue weighted by molar-refractivity contribution is 5.34. The zero-order valence-electron chi connectivity index (χ0n) is 9.38. The molecule has 0 unspecified atom stereocenters. The Kier molecular flexibility index (Phi) is 3.39. The van der Waals surface area contributed by atoms with Crippen LogP contribution in [-0.4, -0.2) is 17.1 Å². The number of hydrogen-bond acceptors (Lipinski definition) is 3. The smallest absolute Gasteiger partial charge is 0.141 e. The van der Waals surface area contributed by atoms with E-state index in [1.54, 1.807) is 6.07 Å². The third kappa shape index (κ3) is 2.92. The quantitative estimate of drug-likeness (QED) is 0.826. The maximum Gasteiger partial charge on any atom is 0.141 e. The molecule has 0 amide bonds. The summed E-state index contributed by atoms with van der Waals surface area (Å²) < 4.78 is 12.6. The standard InChI is InChI=1S/C12H18FN3/c13-10-4-5-11(15-8-10)16-9-12(14)6-2-1-3-7-12/h4-5,8H,1-3,6-7,9,14H2,(H,15,16). The summed E-state index contributed by atoms with van der Waals surface area (Å²) in [7, 11) is 0. The van der Waals surface area contributed by atoms with Crippen LogP contribution >= 0.6 is 0 Å². The SMILES string of the molecule is NC1(CNc2ccc(F)cn2)CCCCC1. The van der Waals surface area contributed by atoms with Crippen molar-refractivity contribution in [3.63, 3.8) is 0 Å². The van der Waals surface area contributed by atoms with Crippen molar-refractivity contribution in [3.05, 3.63) is 24.1 Å². The molecule has 1 aromatic heterocycles. The minimum absolute atomic E-state index is 0.117. The summed E-state index contributed by atoms with van der Waals surface area (Å²) in [5.41, 5.74) is 6.16. The van der Waals surface area contributed by atoms with E-state index in [0.29, 0.717) is 12.4 Å². The van der Waals surface area contributed by atoms with Gasteiger partial charge in [0, 0.05) is 12.1 Å². The molecule has 16 heavy (non-hydrogen) atoms. The first-order valence-electron chi connectivity index (χ1n) is 5.82. The molecule has 3 N–H and O–H groups in total. The summed E-state index contributed by atoms with van der Waals surface area (Å²) in [6.45, 7) is 0.714. The molecule has 3 nitrogen and oxygen atoms in total. The number of nitrogens with two attached hydrogens (primary N) is 1. The fraction of sp³-hybridized carbons (Fsp3) is 0.583. The van der Waals surface area contributed by atoms with Crippen molar-refractivity contribution in [1.29, 1.82) is 0 Å². The Labute approximate surface area is 95.3 Å². The number of nitrogens with one attached hydrogen (secondary N) is 1. The molecule has 1 aromatic rings. The van der Waals surface area contributed by atoms with Crippen LogP contribution < -0.4 is 11.1 Å². The van der Waals surface area contributed by atoms with E-state index in [1.165, 1.54) is 31.5 Å². The molecule has 0 saturated heterocycles. The molecule has 1 aliphatic rings. The van der Waals surface area contributed by atoms with Crippen LogP contribution in [0.3, 0.4) is 0 Å². The van der Waals surface area contributed by atoms with Crippen molar-refractivity contribution in [2.75, 3.05) is 11.9 Å². The predicted octanol–water partition coefficient (Wildman–Crippen LogP) is 2.29. The minimum atomic E-state index is -0.314. The number of rotatable bonds is 3. The molecule has 2 rings (SSSR count). The van der Waals surface area contributed by atoms with Crippen molar-refractivity contribution in [3.8, 4) is 0 Å². The van der Waals surface area contributed by atoms with E-state index in [0.717, 1.165) is 12.8 Å². The Morgan fingerprint density at radius 1 is 1.31 bits per heavy atom. The Balaban J connectivity index is 1.88. The zero-order valence-corrected chi connectivity index (χ0v) is 9.38. The van der Waals surface area contributed by atoms with Gasteiger partial charge in [-0.05, 0) is 25.0 Å². The van der Waals surface area contributed by atoms with Gasteiger partial charge in [-0.3, -0.25) is 0 Å². The van der Waals surface area contributed by atoms with E-state index >= 15 is 0 Å². The first-order valence-corrected chi connectivity index (χ1v) is 5.82. The van der Waals surface area contributed by atoms with E-state index in [-0.39, 0.29) is 11.4 Å². The lowest BCUT2D eigenvalue weighted by atomic mass is 9.82. The number of aromatic nitrogens is 1. The summed E-state index contributed by atoms with van der Waals surface area (Å²) in [4.78, 5) is 3.95. The monoisotopic (exact) mass is 223 g/mol. The number of pyridine rings is 1. The van der Waals surface area contributed by atoms with Gasteiger partial charge in [0.05, 0.1) is 6.20 Å². The van der Waals surface area contributed by atoms with Crippen LogP contribution in [0.2, 0.25) is 0 Å². The highest BCUT2D eigenvalue weighted by atomic mass is 19.1. The molecule has 0 radical (unpaired) electrons. The van der Waals surface area contributed by atoms with E-state index in [9.17, 15) is 4.39 Å². The van der Waals surface area contributed by atoms with Crippen LogP contribution in [0.15, 0.2) is 18.3 Å². The van der Waals surface area contributed by atoms with Gasteiger partial charge in [0.1, 0.15) is 11.6 Å². The maximum atomic E-state index is 12.6. The third-order valence-corrected chi connectivity index (χ3v) is 3.20. The minimum Gasteiger partial charge on any atom is -0.368 e. The van der Waals surface area contributed by atoms with Gasteiger partial charge in [-0.25, -0.2) is 9.37 Å². The second-order valence-corrected chi connectivity index (χ2v) is 4.64. The molecule has 1 heterocycles. The van der Waals surface area contributed by atoms with E-state index in [2.05, 4.69) is 10.3 Å². The van der Waals surface area contributed by atoms with Crippen molar-refractivity contribution >= 4 is 5.82 Å². The van der Waals surface area contributed by atoms with Gasteiger partial charge >= 0.3 is 0 Å². The van der Waals surface area contributed by atoms with Crippen molar-refractivity contribution in [2.45, 2.75) is 37.6 Å². The van der Waals surface area contributed by atoms with Gasteiger partial charge in [-0.15, -0.1) is 0 Å². The van der Waals surface area contributed by atoms with Crippen LogP contribution in [0.4, 0.5) is 10.2 Å². The molecule has 0 aromatic carbocycles. The van der Waals surface area contributed by atoms with Gasteiger partial charge in [0.2, 0.25) is 0 Å². The van der Waals surface area contributed by atoms with Crippen LogP contribution in [0.25, 0.3) is 0 Å². The number of hydrogen-bond donors (Lipinski definition) is 2. The molecule has 4 heteroatoms. The van der Waals surface area contributed by atoms with Crippen molar-refractivity contribution in [1.82, 2.24) is 4.98 Å². The molecule has 0 atom stereocenters. The Bertz CT molecular complexity index is 331. The molecule has 0 spiro atoms. The molecular weight excluding hydrogens is 205 g/mol. The fourth-order valence-electron chi connectivity index (χ4n) is 2.18. The highest BCUT2D eigenvalue weighted by Crippen LogP contribution is 2.25. The Hall–Kier alpha value is -1.16. The molecular formula is C12H18FN3. The molecule has 1 aliphatic carbocycles. The lowest BCUT2D eigenvalue weighted by Gasteiger charge is -2.33. The van der Waals surface area contributed by atoms with E-state index in [1.807, 2.05) is 0 Å². The Morgan fingerprint density at radius 2 is 2.06 bits per heavy atom. The number of anilines is 1. The lowest BCUT2D eigenvalue weighted by Crippen LogP contribution is -2.47. The summed E-state index contributed by atoms with van der Waals surface area (Å²) in [6, 6.07) is 3.04. The van der Waals surface area contributed by atoms with Gasteiger partial charge in [0.15, 0.2) is 0 Å². The summed E-state index contributed by atoms with van der Waals surface area (Å²) in [5.74, 6) is 0.377.